The summed E-state index contributed by atoms with van der Waals surface area (Å²) in [4.78, 5) is 17.4. The predicted molar refractivity (Wildman–Crippen MR) is 484 cm³/mol. The van der Waals surface area contributed by atoms with E-state index in [0.29, 0.717) is 34.7 Å². The Bertz CT molecular complexity index is 7590. The Morgan fingerprint density at radius 2 is 0.694 bits per heavy atom. The molecule has 0 saturated carbocycles. The van der Waals surface area contributed by atoms with E-state index >= 15 is 0 Å². The molecule has 0 aliphatic carbocycles. The van der Waals surface area contributed by atoms with Gasteiger partial charge in [0.15, 0.2) is 53.3 Å². The predicted octanol–water partition coefficient (Wildman–Crippen LogP) is 24.3. The third-order valence-electron chi connectivity index (χ3n) is 23.2. The van der Waals surface area contributed by atoms with E-state index in [1.54, 1.807) is 30.9 Å². The van der Waals surface area contributed by atoms with Crippen molar-refractivity contribution in [2.75, 3.05) is 0 Å². The molecular weight excluding hydrogens is 1500 g/mol. The van der Waals surface area contributed by atoms with E-state index in [1.165, 1.54) is 50.2 Å². The van der Waals surface area contributed by atoms with Gasteiger partial charge in [0.25, 0.3) is 0 Å². The number of halogens is 1. The summed E-state index contributed by atoms with van der Waals surface area (Å²) in [5.74, 6) is 0.767. The third-order valence-corrected chi connectivity index (χ3v) is 23.2. The molecule has 21 aromatic rings. The number of nitrogens with zero attached hydrogens (tertiary/aromatic N) is 9. The first-order chi connectivity index (χ1) is 58.5. The highest BCUT2D eigenvalue weighted by atomic mass is 19.1. The van der Waals surface area contributed by atoms with E-state index in [-0.39, 0.29) is 5.82 Å². The number of fused-ring (bicyclic) bond motifs is 15. The Balaban J connectivity index is 0.000000109. The van der Waals surface area contributed by atoms with Crippen LogP contribution in [-0.4, -0.2) is 19.9 Å². The van der Waals surface area contributed by atoms with Crippen molar-refractivity contribution < 1.29 is 49.3 Å². The topological polar surface area (TPSA) is 137 Å². The van der Waals surface area contributed by atoms with Crippen LogP contribution in [0.3, 0.4) is 0 Å². The molecule has 0 radical (unpaired) electrons. The van der Waals surface area contributed by atoms with Gasteiger partial charge in [-0.2, -0.15) is 0 Å². The van der Waals surface area contributed by atoms with Crippen LogP contribution in [0.1, 0.15) is 83.7 Å². The van der Waals surface area contributed by atoms with Crippen molar-refractivity contribution in [2.24, 2.45) is 41.2 Å². The summed E-state index contributed by atoms with van der Waals surface area (Å²) >= 11 is 0. The van der Waals surface area contributed by atoms with Gasteiger partial charge in [-0.05, 0) is 202 Å². The number of benzene rings is 7. The minimum absolute atomic E-state index is 0.129. The van der Waals surface area contributed by atoms with Gasteiger partial charge in [-0.15, -0.1) is 0 Å². The van der Waals surface area contributed by atoms with Crippen LogP contribution >= 0.6 is 0 Å². The molecule has 0 fully saturated rings. The molecule has 14 nitrogen and oxygen atoms in total. The number of hydrogen-bond acceptors (Lipinski definition) is 9. The minimum atomic E-state index is -0.129. The highest BCUT2D eigenvalue weighted by Crippen LogP contribution is 2.43. The first-order valence-electron chi connectivity index (χ1n) is 41.2. The molecule has 0 aliphatic rings. The lowest BCUT2D eigenvalue weighted by atomic mass is 9.97. The van der Waals surface area contributed by atoms with Gasteiger partial charge in [0, 0.05) is 138 Å². The smallest absolute Gasteiger partial charge is 0.227 e. The lowest BCUT2D eigenvalue weighted by Gasteiger charge is -2.10. The average molecular weight is 1600 g/mol. The first-order valence-corrected chi connectivity index (χ1v) is 41.2. The fourth-order valence-corrected chi connectivity index (χ4v) is 16.9. The van der Waals surface area contributed by atoms with E-state index in [4.69, 9.17) is 22.1 Å². The molecule has 0 atom stereocenters. The molecule has 15 heteroatoms. The molecule has 0 spiro atoms. The summed E-state index contributed by atoms with van der Waals surface area (Å²) in [5, 5.41) is 11.0. The standard InChI is InChI=1S/C29H27FNO.C21H21N2O.2C19H17N2O.C18H15N2O/c1-18(2)15-22-16-20(10-13-25(22)30)21-11-14-26(31(4)17-21)28-19(3)9-12-24-23-7-5-6-8-27(23)32-29(24)28;1-13(2)15-9-11-23(4)18(12-15)19-14(3)7-8-16-17-6-5-10-22-21(17)24-20(16)19;1-12-6-9-16(21(3)11-12)17-13(2)7-8-14-15-5-4-10-20-19(15)22-18(14)17;1-12-8-10-21(3)16(11-12)17-13(2)6-7-14-15-5-4-9-20-19(15)22-18(14)17;1-12-8-9-13-14-6-5-10-19-18(14)21-17(13)16(12)15-7-3-4-11-20(15)2/h5-14,16-18H,15H2,1-4H3;5-13H,1-4H3;2*4-11H,1-3H3;3-11H,1-2H3/q5*+1. The number of pyridine rings is 9. The van der Waals surface area contributed by atoms with E-state index in [0.717, 1.165) is 161 Å². The maximum absolute atomic E-state index is 14.3. The second-order valence-corrected chi connectivity index (χ2v) is 32.6. The number of furan rings is 5. The van der Waals surface area contributed by atoms with E-state index in [1.807, 2.05) is 60.7 Å². The van der Waals surface area contributed by atoms with Crippen LogP contribution in [0.15, 0.2) is 296 Å². The van der Waals surface area contributed by atoms with Crippen molar-refractivity contribution in [1.82, 2.24) is 19.9 Å². The molecule has 14 heterocycles. The molecule has 598 valence electrons. The van der Waals surface area contributed by atoms with Crippen LogP contribution in [0.25, 0.3) is 178 Å². The van der Waals surface area contributed by atoms with Gasteiger partial charge in [-0.1, -0.05) is 113 Å². The van der Waals surface area contributed by atoms with Crippen molar-refractivity contribution >= 4 is 110 Å². The molecule has 0 aliphatic heterocycles. The van der Waals surface area contributed by atoms with Crippen LogP contribution in [0.5, 0.6) is 0 Å². The average Bonchev–Trinajstić information content (AvgIpc) is 1.70. The monoisotopic (exact) mass is 1590 g/mol. The maximum Gasteiger partial charge on any atom is 0.227 e. The second kappa shape index (κ2) is 33.0. The summed E-state index contributed by atoms with van der Waals surface area (Å²) < 4.78 is 55.6. The summed E-state index contributed by atoms with van der Waals surface area (Å²) in [6.45, 7) is 23.5. The van der Waals surface area contributed by atoms with Crippen molar-refractivity contribution in [3.63, 3.8) is 0 Å². The Morgan fingerprint density at radius 1 is 0.306 bits per heavy atom. The molecule has 0 amide bonds. The van der Waals surface area contributed by atoms with Crippen molar-refractivity contribution in [2.45, 2.75) is 88.5 Å². The lowest BCUT2D eigenvalue weighted by Crippen LogP contribution is -2.31. The highest BCUT2D eigenvalue weighted by Gasteiger charge is 2.28. The molecule has 7 aromatic carbocycles. The van der Waals surface area contributed by atoms with Gasteiger partial charge in [0.05, 0.1) is 27.8 Å². The molecular formula is C106H97FN9O5+5. The van der Waals surface area contributed by atoms with Crippen molar-refractivity contribution in [1.29, 1.82) is 0 Å². The van der Waals surface area contributed by atoms with Gasteiger partial charge in [-0.3, -0.25) is 0 Å². The molecule has 0 unspecified atom stereocenters. The van der Waals surface area contributed by atoms with Gasteiger partial charge in [0.1, 0.15) is 52.2 Å². The maximum atomic E-state index is 14.3. The summed E-state index contributed by atoms with van der Waals surface area (Å²) in [7, 11) is 10.3. The normalized spacial score (nSPS) is 11.5. The Labute approximate surface area is 702 Å². The molecule has 121 heavy (non-hydrogen) atoms. The molecule has 0 N–H and O–H groups in total. The number of rotatable bonds is 9. The summed E-state index contributed by atoms with van der Waals surface area (Å²) in [6.07, 6.45) is 18.3. The van der Waals surface area contributed by atoms with Crippen molar-refractivity contribution in [3.05, 3.63) is 330 Å². The lowest BCUT2D eigenvalue weighted by molar-refractivity contribution is -0.660. The van der Waals surface area contributed by atoms with Gasteiger partial charge < -0.3 is 22.1 Å². The molecule has 0 bridgehead atoms. The first kappa shape index (κ1) is 79.3. The van der Waals surface area contributed by atoms with E-state index in [9.17, 15) is 4.39 Å². The number of aryl methyl sites for hydroxylation is 12. The zero-order valence-electron chi connectivity index (χ0n) is 71.3. The third kappa shape index (κ3) is 15.2. The Hall–Kier alpha value is -14.2. The number of hydrogen-bond donors (Lipinski definition) is 0. The van der Waals surface area contributed by atoms with E-state index < -0.39 is 0 Å². The number of aromatic nitrogens is 9. The molecule has 0 saturated heterocycles. The SMILES string of the molecule is Cc1cc[n+](C)c(-c2c(C)ccc3c2oc2ncccc23)c1.Cc1ccc(-c2c(C)ccc3c2oc2ncccc23)[n+](C)c1.Cc1ccc2c(oc3ccccc32)c1-c1ccc(-c2ccc(F)c(CC(C)C)c2)c[n+]1C.Cc1ccc2c(oc3ncccc32)c1-c1cc(C(C)C)cc[n+]1C.Cc1ccc2c(oc3ncccc32)c1-c1cccc[n+]1C. The Morgan fingerprint density at radius 3 is 1.15 bits per heavy atom. The quantitative estimate of drug-likeness (QED) is 0.129. The highest BCUT2D eigenvalue weighted by molar-refractivity contribution is 6.13. The second-order valence-electron chi connectivity index (χ2n) is 32.6. The molecule has 21 rings (SSSR count). The number of para-hydroxylation sites is 1. The minimum Gasteiger partial charge on any atom is -0.455 e. The fraction of sp³-hybridized carbons (Fsp3) is 0.179. The molecule has 14 aromatic heterocycles. The van der Waals surface area contributed by atoms with Crippen LogP contribution in [0.2, 0.25) is 0 Å². The Kier molecular flexibility index (Phi) is 21.6. The van der Waals surface area contributed by atoms with Gasteiger partial charge in [-0.25, -0.2) is 47.2 Å². The summed E-state index contributed by atoms with van der Waals surface area (Å²) in [5.41, 5.74) is 32.2. The van der Waals surface area contributed by atoms with Gasteiger partial charge in [0.2, 0.25) is 51.3 Å². The largest absolute Gasteiger partial charge is 0.455 e. The van der Waals surface area contributed by atoms with Crippen LogP contribution < -0.4 is 22.8 Å². The summed E-state index contributed by atoms with van der Waals surface area (Å²) in [6, 6.07) is 74.5. The van der Waals surface area contributed by atoms with Crippen LogP contribution in [-0.2, 0) is 41.7 Å². The van der Waals surface area contributed by atoms with Crippen LogP contribution in [0, 0.1) is 60.2 Å². The van der Waals surface area contributed by atoms with Crippen molar-refractivity contribution in [3.8, 4) is 67.4 Å². The van der Waals surface area contributed by atoms with E-state index in [2.05, 4.69) is 337 Å². The van der Waals surface area contributed by atoms with Crippen LogP contribution in [0.4, 0.5) is 4.39 Å². The zero-order valence-corrected chi connectivity index (χ0v) is 71.3. The van der Waals surface area contributed by atoms with Gasteiger partial charge >= 0.3 is 0 Å². The zero-order chi connectivity index (χ0) is 84.2. The fourth-order valence-electron chi connectivity index (χ4n) is 16.9.